The summed E-state index contributed by atoms with van der Waals surface area (Å²) in [6.07, 6.45) is 4.23. The molecule has 1 rings (SSSR count). The van der Waals surface area contributed by atoms with Crippen molar-refractivity contribution in [3.63, 3.8) is 0 Å². The van der Waals surface area contributed by atoms with E-state index in [0.29, 0.717) is 0 Å². The molecule has 1 aliphatic rings. The van der Waals surface area contributed by atoms with E-state index in [1.165, 1.54) is 32.4 Å². The standard InChI is InChI=1S/C8H17N.C2H6/c1-3-4-8-5-6-9(2)7-8;1-2/h8H,3-7H2,1-2H3;1-2H3. The van der Waals surface area contributed by atoms with Crippen LogP contribution in [0.15, 0.2) is 0 Å². The average molecular weight is 157 g/mol. The molecule has 1 heteroatoms. The Balaban J connectivity index is 0.000000461. The van der Waals surface area contributed by atoms with Crippen LogP contribution in [-0.4, -0.2) is 25.0 Å². The van der Waals surface area contributed by atoms with Crippen LogP contribution in [0.25, 0.3) is 0 Å². The molecule has 1 fully saturated rings. The molecule has 0 saturated carbocycles. The van der Waals surface area contributed by atoms with E-state index < -0.39 is 0 Å². The van der Waals surface area contributed by atoms with Crippen molar-refractivity contribution in [1.29, 1.82) is 0 Å². The van der Waals surface area contributed by atoms with Crippen molar-refractivity contribution in [2.24, 2.45) is 5.92 Å². The van der Waals surface area contributed by atoms with Gasteiger partial charge in [-0.15, -0.1) is 0 Å². The molecule has 0 bridgehead atoms. The summed E-state index contributed by atoms with van der Waals surface area (Å²) in [5.74, 6) is 1.01. The maximum Gasteiger partial charge on any atom is 0.000708 e. The lowest BCUT2D eigenvalue weighted by molar-refractivity contribution is 0.387. The van der Waals surface area contributed by atoms with E-state index in [1.807, 2.05) is 13.8 Å². The molecule has 68 valence electrons. The largest absolute Gasteiger partial charge is 0.306 e. The van der Waals surface area contributed by atoms with Crippen LogP contribution in [0, 0.1) is 5.92 Å². The normalized spacial score (nSPS) is 24.5. The molecule has 1 heterocycles. The molecule has 11 heavy (non-hydrogen) atoms. The summed E-state index contributed by atoms with van der Waals surface area (Å²) in [6.45, 7) is 8.94. The highest BCUT2D eigenvalue weighted by atomic mass is 15.1. The Labute approximate surface area is 71.8 Å². The lowest BCUT2D eigenvalue weighted by atomic mass is 10.0. The Morgan fingerprint density at radius 1 is 1.36 bits per heavy atom. The first-order valence-corrected chi connectivity index (χ1v) is 5.01. The van der Waals surface area contributed by atoms with E-state index in [1.54, 1.807) is 0 Å². The fourth-order valence-electron chi connectivity index (χ4n) is 1.67. The first kappa shape index (κ1) is 11.0. The number of hydrogen-bond acceptors (Lipinski definition) is 1. The summed E-state index contributed by atoms with van der Waals surface area (Å²) >= 11 is 0. The molecular weight excluding hydrogens is 134 g/mol. The number of rotatable bonds is 2. The molecule has 0 amide bonds. The predicted octanol–water partition coefficient (Wildman–Crippen LogP) is 2.76. The molecule has 0 radical (unpaired) electrons. The Morgan fingerprint density at radius 3 is 2.36 bits per heavy atom. The Morgan fingerprint density at radius 2 is 2.00 bits per heavy atom. The summed E-state index contributed by atoms with van der Waals surface area (Å²) < 4.78 is 0. The molecular formula is C10H23N. The van der Waals surface area contributed by atoms with Crippen LogP contribution in [0.2, 0.25) is 0 Å². The molecule has 0 aromatic carbocycles. The van der Waals surface area contributed by atoms with Crippen molar-refractivity contribution in [3.8, 4) is 0 Å². The van der Waals surface area contributed by atoms with Crippen molar-refractivity contribution in [1.82, 2.24) is 4.90 Å². The molecule has 0 aliphatic carbocycles. The van der Waals surface area contributed by atoms with E-state index in [9.17, 15) is 0 Å². The summed E-state index contributed by atoms with van der Waals surface area (Å²) in [5.41, 5.74) is 0. The minimum atomic E-state index is 1.01. The first-order valence-electron chi connectivity index (χ1n) is 5.01. The van der Waals surface area contributed by atoms with Gasteiger partial charge in [0, 0.05) is 6.54 Å². The third-order valence-corrected chi connectivity index (χ3v) is 2.19. The van der Waals surface area contributed by atoms with Gasteiger partial charge in [0.15, 0.2) is 0 Å². The quantitative estimate of drug-likeness (QED) is 0.596. The SMILES string of the molecule is CC.CCCC1CCN(C)C1. The van der Waals surface area contributed by atoms with E-state index in [4.69, 9.17) is 0 Å². The van der Waals surface area contributed by atoms with Crippen molar-refractivity contribution < 1.29 is 0 Å². The van der Waals surface area contributed by atoms with Crippen molar-refractivity contribution in [2.45, 2.75) is 40.0 Å². The number of hydrogen-bond donors (Lipinski definition) is 0. The Hall–Kier alpha value is -0.0400. The van der Waals surface area contributed by atoms with Gasteiger partial charge < -0.3 is 4.90 Å². The van der Waals surface area contributed by atoms with Gasteiger partial charge in [0.2, 0.25) is 0 Å². The molecule has 1 aliphatic heterocycles. The van der Waals surface area contributed by atoms with Crippen LogP contribution in [-0.2, 0) is 0 Å². The maximum absolute atomic E-state index is 2.43. The smallest absolute Gasteiger partial charge is 0.000708 e. The average Bonchev–Trinajstić information content (AvgIpc) is 2.41. The highest BCUT2D eigenvalue weighted by Crippen LogP contribution is 2.18. The second-order valence-electron chi connectivity index (χ2n) is 3.21. The van der Waals surface area contributed by atoms with Crippen LogP contribution in [0.3, 0.4) is 0 Å². The maximum atomic E-state index is 2.43. The van der Waals surface area contributed by atoms with Gasteiger partial charge in [-0.05, 0) is 32.4 Å². The van der Waals surface area contributed by atoms with E-state index >= 15 is 0 Å². The van der Waals surface area contributed by atoms with E-state index in [2.05, 4.69) is 18.9 Å². The zero-order valence-electron chi connectivity index (χ0n) is 8.56. The summed E-state index contributed by atoms with van der Waals surface area (Å²) in [4.78, 5) is 2.43. The second-order valence-corrected chi connectivity index (χ2v) is 3.21. The molecule has 1 nitrogen and oxygen atoms in total. The van der Waals surface area contributed by atoms with Crippen LogP contribution < -0.4 is 0 Å². The van der Waals surface area contributed by atoms with Crippen molar-refractivity contribution in [3.05, 3.63) is 0 Å². The molecule has 1 saturated heterocycles. The van der Waals surface area contributed by atoms with E-state index in [-0.39, 0.29) is 0 Å². The van der Waals surface area contributed by atoms with E-state index in [0.717, 1.165) is 5.92 Å². The minimum Gasteiger partial charge on any atom is -0.306 e. The monoisotopic (exact) mass is 157 g/mol. The summed E-state index contributed by atoms with van der Waals surface area (Å²) in [6, 6.07) is 0. The fourth-order valence-corrected chi connectivity index (χ4v) is 1.67. The molecule has 1 atom stereocenters. The van der Waals surface area contributed by atoms with Gasteiger partial charge in [0.05, 0.1) is 0 Å². The highest BCUT2D eigenvalue weighted by Gasteiger charge is 2.17. The zero-order chi connectivity index (χ0) is 8.69. The van der Waals surface area contributed by atoms with Gasteiger partial charge in [0.25, 0.3) is 0 Å². The molecule has 0 aromatic rings. The second kappa shape index (κ2) is 6.66. The lowest BCUT2D eigenvalue weighted by Gasteiger charge is -2.07. The molecule has 0 aromatic heterocycles. The minimum absolute atomic E-state index is 1.01. The van der Waals surface area contributed by atoms with Crippen LogP contribution >= 0.6 is 0 Å². The topological polar surface area (TPSA) is 3.24 Å². The molecule has 0 spiro atoms. The van der Waals surface area contributed by atoms with Gasteiger partial charge in [-0.3, -0.25) is 0 Å². The van der Waals surface area contributed by atoms with Crippen molar-refractivity contribution >= 4 is 0 Å². The number of nitrogens with zero attached hydrogens (tertiary/aromatic N) is 1. The molecule has 1 unspecified atom stereocenters. The Bertz CT molecular complexity index is 78.9. The Kier molecular flexibility index (Phi) is 6.63. The fraction of sp³-hybridized carbons (Fsp3) is 1.00. The van der Waals surface area contributed by atoms with Crippen LogP contribution in [0.1, 0.15) is 40.0 Å². The van der Waals surface area contributed by atoms with Gasteiger partial charge in [0.1, 0.15) is 0 Å². The first-order chi connectivity index (χ1) is 5.33. The predicted molar refractivity (Wildman–Crippen MR) is 51.9 cm³/mol. The summed E-state index contributed by atoms with van der Waals surface area (Å²) in [5, 5.41) is 0. The molecule has 0 N–H and O–H groups in total. The van der Waals surface area contributed by atoms with Gasteiger partial charge in [-0.2, -0.15) is 0 Å². The highest BCUT2D eigenvalue weighted by molar-refractivity contribution is 4.71. The third kappa shape index (κ3) is 4.41. The zero-order valence-corrected chi connectivity index (χ0v) is 8.56. The summed E-state index contributed by atoms with van der Waals surface area (Å²) in [7, 11) is 2.22. The third-order valence-electron chi connectivity index (χ3n) is 2.19. The van der Waals surface area contributed by atoms with Crippen LogP contribution in [0.4, 0.5) is 0 Å². The van der Waals surface area contributed by atoms with Gasteiger partial charge >= 0.3 is 0 Å². The number of likely N-dealkylation sites (tertiary alicyclic amines) is 1. The van der Waals surface area contributed by atoms with Gasteiger partial charge in [-0.25, -0.2) is 0 Å². The van der Waals surface area contributed by atoms with Crippen LogP contribution in [0.5, 0.6) is 0 Å². The lowest BCUT2D eigenvalue weighted by Crippen LogP contribution is -2.13. The van der Waals surface area contributed by atoms with Gasteiger partial charge in [-0.1, -0.05) is 27.2 Å². The van der Waals surface area contributed by atoms with Crippen molar-refractivity contribution in [2.75, 3.05) is 20.1 Å².